The van der Waals surface area contributed by atoms with E-state index in [9.17, 15) is 14.7 Å². The molecule has 2 aliphatic rings. The van der Waals surface area contributed by atoms with Gasteiger partial charge in [0.25, 0.3) is 0 Å². The Balaban J connectivity index is 1.04. The Kier molecular flexibility index (Phi) is 14.1. The van der Waals surface area contributed by atoms with Gasteiger partial charge in [0, 0.05) is 50.5 Å². The minimum Gasteiger partial charge on any atom is -0.397 e. The van der Waals surface area contributed by atoms with Crippen molar-refractivity contribution >= 4 is 23.2 Å². The second-order valence-corrected chi connectivity index (χ2v) is 14.5. The van der Waals surface area contributed by atoms with Crippen LogP contribution in [0.15, 0.2) is 110 Å². The number of carbonyl (C=O) groups excluding carboxylic acids is 2. The summed E-state index contributed by atoms with van der Waals surface area (Å²) < 4.78 is 13.3. The molecule has 4 aromatic rings. The molecule has 2 amide bonds. The average Bonchev–Trinajstić information content (AvgIpc) is 3.75. The molecule has 3 atom stereocenters. The summed E-state index contributed by atoms with van der Waals surface area (Å²) in [6.45, 7) is 6.14. The van der Waals surface area contributed by atoms with Crippen molar-refractivity contribution in [1.29, 1.82) is 0 Å². The molecule has 9 nitrogen and oxygen atoms in total. The highest BCUT2D eigenvalue weighted by Crippen LogP contribution is 2.39. The van der Waals surface area contributed by atoms with Gasteiger partial charge in [0.1, 0.15) is 0 Å². The molecule has 0 spiro atoms. The Morgan fingerprint density at radius 2 is 1.56 bits per heavy atom. The summed E-state index contributed by atoms with van der Waals surface area (Å²) in [4.78, 5) is 27.4. The third-order valence-corrected chi connectivity index (χ3v) is 10.5. The molecule has 0 aromatic heterocycles. The van der Waals surface area contributed by atoms with Crippen molar-refractivity contribution in [3.63, 3.8) is 0 Å². The number of hydrogen-bond donors (Lipinski definition) is 4. The van der Waals surface area contributed by atoms with Crippen LogP contribution in [0, 0.1) is 0 Å². The number of rotatable bonds is 17. The second-order valence-electron chi connectivity index (χ2n) is 14.5. The van der Waals surface area contributed by atoms with Gasteiger partial charge in [0.05, 0.1) is 30.2 Å². The molecule has 54 heavy (non-hydrogen) atoms. The number of aliphatic hydroxyl groups excluding tert-OH is 1. The van der Waals surface area contributed by atoms with Gasteiger partial charge >= 0.3 is 0 Å². The minimum absolute atomic E-state index is 0.0114. The number of nitrogen functional groups attached to an aromatic ring is 1. The summed E-state index contributed by atoms with van der Waals surface area (Å²) in [6, 6.07) is 32.3. The normalized spacial score (nSPS) is 18.7. The molecule has 0 radical (unpaired) electrons. The molecule has 9 heteroatoms. The monoisotopic (exact) mass is 730 g/mol. The standard InChI is InChI=1S/C45H54N4O5/c1-2-26-49(38-12-3-4-13-38)30-39-28-42(35-20-18-32(31-50)19-21-35)54-45(53-39)36-24-22-34(23-25-36)37-11-9-10-33(27-37)29-47-43(51)16-7-8-17-44(52)48-41-15-6-5-14-40(41)46/h2,5-6,9-11,14-15,18-25,27,38-39,42,45,50H,1,3-4,7-8,12-13,16-17,26,28-31,46H2,(H,47,51)(H,48,52). The predicted molar refractivity (Wildman–Crippen MR) is 214 cm³/mol. The van der Waals surface area contributed by atoms with E-state index in [1.54, 1.807) is 12.1 Å². The van der Waals surface area contributed by atoms with Crippen molar-refractivity contribution in [2.24, 2.45) is 0 Å². The Hall–Kier alpha value is -4.80. The predicted octanol–water partition coefficient (Wildman–Crippen LogP) is 8.22. The summed E-state index contributed by atoms with van der Waals surface area (Å²) in [5.74, 6) is -0.151. The van der Waals surface area contributed by atoms with E-state index in [-0.39, 0.29) is 30.6 Å². The zero-order chi connectivity index (χ0) is 37.7. The van der Waals surface area contributed by atoms with Crippen molar-refractivity contribution in [3.05, 3.63) is 132 Å². The first kappa shape index (κ1) is 38.9. The number of nitrogens with zero attached hydrogens (tertiary/aromatic N) is 1. The molecule has 1 saturated carbocycles. The molecule has 284 valence electrons. The highest BCUT2D eigenvalue weighted by Gasteiger charge is 2.34. The fourth-order valence-corrected chi connectivity index (χ4v) is 7.48. The van der Waals surface area contributed by atoms with Crippen LogP contribution >= 0.6 is 0 Å². The van der Waals surface area contributed by atoms with Gasteiger partial charge in [-0.15, -0.1) is 6.58 Å². The molecular formula is C45H54N4O5. The number of hydrogen-bond acceptors (Lipinski definition) is 7. The van der Waals surface area contributed by atoms with Gasteiger partial charge < -0.3 is 30.9 Å². The van der Waals surface area contributed by atoms with Gasteiger partial charge in [0.15, 0.2) is 6.29 Å². The van der Waals surface area contributed by atoms with Crippen LogP contribution in [-0.4, -0.2) is 47.1 Å². The van der Waals surface area contributed by atoms with Gasteiger partial charge in [0.2, 0.25) is 11.8 Å². The van der Waals surface area contributed by atoms with E-state index in [1.165, 1.54) is 25.7 Å². The lowest BCUT2D eigenvalue weighted by Crippen LogP contribution is -2.43. The van der Waals surface area contributed by atoms with Crippen LogP contribution in [-0.2, 0) is 32.2 Å². The van der Waals surface area contributed by atoms with Gasteiger partial charge in [-0.2, -0.15) is 0 Å². The number of unbranched alkanes of at least 4 members (excludes halogenated alkanes) is 1. The molecule has 6 rings (SSSR count). The topological polar surface area (TPSA) is 126 Å². The van der Waals surface area contributed by atoms with Crippen LogP contribution < -0.4 is 16.4 Å². The molecule has 5 N–H and O–H groups in total. The van der Waals surface area contributed by atoms with E-state index < -0.39 is 6.29 Å². The molecule has 1 aliphatic heterocycles. The summed E-state index contributed by atoms with van der Waals surface area (Å²) in [6.07, 6.45) is 8.97. The lowest BCUT2D eigenvalue weighted by molar-refractivity contribution is -0.253. The summed E-state index contributed by atoms with van der Waals surface area (Å²) >= 11 is 0. The van der Waals surface area contributed by atoms with Crippen molar-refractivity contribution in [2.75, 3.05) is 24.1 Å². The number of anilines is 2. The number of ether oxygens (including phenoxy) is 2. The van der Waals surface area contributed by atoms with E-state index >= 15 is 0 Å². The lowest BCUT2D eigenvalue weighted by Gasteiger charge is -2.39. The SMILES string of the molecule is C=CCN(CC1CC(c2ccc(CO)cc2)OC(c2ccc(-c3cccc(CNC(=O)CCCCC(=O)Nc4ccccc4N)c3)cc2)O1)C1CCCC1. The van der Waals surface area contributed by atoms with Crippen molar-refractivity contribution in [3.8, 4) is 11.1 Å². The van der Waals surface area contributed by atoms with Crippen LogP contribution in [0.25, 0.3) is 11.1 Å². The first-order chi connectivity index (χ1) is 26.4. The molecule has 1 saturated heterocycles. The number of amides is 2. The summed E-state index contributed by atoms with van der Waals surface area (Å²) in [7, 11) is 0. The largest absolute Gasteiger partial charge is 0.397 e. The van der Waals surface area contributed by atoms with Crippen LogP contribution in [0.2, 0.25) is 0 Å². The van der Waals surface area contributed by atoms with Gasteiger partial charge in [-0.1, -0.05) is 97.8 Å². The number of nitrogens with one attached hydrogen (secondary N) is 2. The van der Waals surface area contributed by atoms with E-state index in [2.05, 4.69) is 70.6 Å². The van der Waals surface area contributed by atoms with Crippen molar-refractivity contribution in [2.45, 2.75) is 95.5 Å². The third kappa shape index (κ3) is 10.9. The highest BCUT2D eigenvalue weighted by atomic mass is 16.7. The first-order valence-corrected chi connectivity index (χ1v) is 19.3. The van der Waals surface area contributed by atoms with E-state index in [0.717, 1.165) is 52.9 Å². The van der Waals surface area contributed by atoms with E-state index in [0.29, 0.717) is 49.6 Å². The fraction of sp³-hybridized carbons (Fsp3) is 0.378. The van der Waals surface area contributed by atoms with Crippen LogP contribution in [0.1, 0.15) is 92.4 Å². The van der Waals surface area contributed by atoms with Gasteiger partial charge in [-0.3, -0.25) is 14.5 Å². The van der Waals surface area contributed by atoms with E-state index in [4.69, 9.17) is 15.2 Å². The number of carbonyl (C=O) groups is 2. The molecule has 0 bridgehead atoms. The fourth-order valence-electron chi connectivity index (χ4n) is 7.48. The lowest BCUT2D eigenvalue weighted by atomic mass is 9.98. The Morgan fingerprint density at radius 3 is 2.28 bits per heavy atom. The van der Waals surface area contributed by atoms with Crippen LogP contribution in [0.4, 0.5) is 11.4 Å². The molecule has 4 aromatic carbocycles. The van der Waals surface area contributed by atoms with Crippen LogP contribution in [0.3, 0.4) is 0 Å². The van der Waals surface area contributed by atoms with E-state index in [1.807, 2.05) is 42.5 Å². The highest BCUT2D eigenvalue weighted by molar-refractivity contribution is 5.93. The Labute approximate surface area is 319 Å². The second kappa shape index (κ2) is 19.5. The number of benzene rings is 4. The zero-order valence-corrected chi connectivity index (χ0v) is 31.1. The molecular weight excluding hydrogens is 677 g/mol. The first-order valence-electron chi connectivity index (χ1n) is 19.3. The maximum Gasteiger partial charge on any atom is 0.224 e. The molecule has 1 heterocycles. The maximum absolute atomic E-state index is 12.6. The Morgan fingerprint density at radius 1 is 0.833 bits per heavy atom. The molecule has 2 fully saturated rings. The quantitative estimate of drug-likeness (QED) is 0.0490. The molecule has 1 aliphatic carbocycles. The van der Waals surface area contributed by atoms with Gasteiger partial charge in [-0.25, -0.2) is 0 Å². The van der Waals surface area contributed by atoms with Crippen molar-refractivity contribution < 1.29 is 24.2 Å². The van der Waals surface area contributed by atoms with Crippen LogP contribution in [0.5, 0.6) is 0 Å². The maximum atomic E-state index is 12.6. The summed E-state index contributed by atoms with van der Waals surface area (Å²) in [5.41, 5.74) is 13.1. The minimum atomic E-state index is -0.520. The Bertz CT molecular complexity index is 1820. The number of aliphatic hydroxyl groups is 1. The smallest absolute Gasteiger partial charge is 0.224 e. The number of para-hydroxylation sites is 2. The zero-order valence-electron chi connectivity index (χ0n) is 31.1. The number of nitrogens with two attached hydrogens (primary N) is 1. The third-order valence-electron chi connectivity index (χ3n) is 10.5. The summed E-state index contributed by atoms with van der Waals surface area (Å²) in [5, 5.41) is 15.4. The van der Waals surface area contributed by atoms with Gasteiger partial charge in [-0.05, 0) is 71.7 Å². The average molecular weight is 731 g/mol. The van der Waals surface area contributed by atoms with Crippen molar-refractivity contribution in [1.82, 2.24) is 10.2 Å². The molecule has 3 unspecified atom stereocenters.